The summed E-state index contributed by atoms with van der Waals surface area (Å²) in [6.07, 6.45) is 5.22. The van der Waals surface area contributed by atoms with Gasteiger partial charge in [0.05, 0.1) is 11.5 Å². The molecule has 0 saturated heterocycles. The summed E-state index contributed by atoms with van der Waals surface area (Å²) in [6.45, 7) is 2.20. The molecule has 29 heavy (non-hydrogen) atoms. The summed E-state index contributed by atoms with van der Waals surface area (Å²) in [7, 11) is 0. The highest BCUT2D eigenvalue weighted by Crippen LogP contribution is 2.37. The van der Waals surface area contributed by atoms with Crippen molar-refractivity contribution in [3.63, 3.8) is 0 Å². The van der Waals surface area contributed by atoms with E-state index in [9.17, 15) is 19.6 Å². The Kier molecular flexibility index (Phi) is 5.26. The lowest BCUT2D eigenvalue weighted by molar-refractivity contribution is -0.127. The van der Waals surface area contributed by atoms with E-state index in [1.54, 1.807) is 0 Å². The number of aromatic amines is 1. The molecule has 2 aliphatic carbocycles. The highest BCUT2D eigenvalue weighted by atomic mass is 32.1. The minimum Gasteiger partial charge on any atom is -0.369 e. The van der Waals surface area contributed by atoms with E-state index in [-0.39, 0.29) is 23.1 Å². The number of aromatic nitrogens is 2. The number of ketones is 1. The number of fused-ring (bicyclic) bond motifs is 3. The number of nitrogens with one attached hydrogen (secondary N) is 1. The van der Waals surface area contributed by atoms with Crippen molar-refractivity contribution >= 4 is 33.2 Å². The molecule has 2 aromatic rings. The van der Waals surface area contributed by atoms with Crippen molar-refractivity contribution in [2.24, 2.45) is 23.5 Å². The Morgan fingerprint density at radius 3 is 2.79 bits per heavy atom. The fourth-order valence-electron chi connectivity index (χ4n) is 4.70. The van der Waals surface area contributed by atoms with Crippen LogP contribution in [0.5, 0.6) is 0 Å². The van der Waals surface area contributed by atoms with Crippen LogP contribution in [0.4, 0.5) is 0 Å². The zero-order chi connectivity index (χ0) is 20.7. The van der Waals surface area contributed by atoms with Gasteiger partial charge in [-0.15, -0.1) is 11.3 Å². The minimum atomic E-state index is -1.14. The van der Waals surface area contributed by atoms with Gasteiger partial charge in [-0.25, -0.2) is 4.98 Å². The quantitative estimate of drug-likeness (QED) is 0.797. The molecular weight excluding hydrogens is 388 g/mol. The van der Waals surface area contributed by atoms with Crippen LogP contribution >= 0.6 is 11.3 Å². The number of nitrogens with zero attached hydrogens (tertiary/aromatic N) is 2. The lowest BCUT2D eigenvalue weighted by Crippen LogP contribution is -2.33. The first-order valence-electron chi connectivity index (χ1n) is 10.2. The predicted molar refractivity (Wildman–Crippen MR) is 109 cm³/mol. The molecule has 2 heterocycles. The molecule has 0 radical (unpaired) electrons. The zero-order valence-electron chi connectivity index (χ0n) is 16.4. The highest BCUT2D eigenvalue weighted by Gasteiger charge is 2.36. The zero-order valence-corrected chi connectivity index (χ0v) is 17.2. The van der Waals surface area contributed by atoms with Crippen LogP contribution < -0.4 is 11.3 Å². The predicted octanol–water partition coefficient (Wildman–Crippen LogP) is 2.58. The van der Waals surface area contributed by atoms with Crippen LogP contribution in [-0.4, -0.2) is 21.7 Å². The molecule has 4 rings (SSSR count). The first-order chi connectivity index (χ1) is 13.9. The maximum Gasteiger partial charge on any atom is 0.259 e. The molecule has 1 fully saturated rings. The van der Waals surface area contributed by atoms with E-state index in [0.29, 0.717) is 35.4 Å². The second kappa shape index (κ2) is 7.71. The molecule has 0 aliphatic heterocycles. The Hall–Kier alpha value is -2.53. The normalized spacial score (nSPS) is 25.2. The number of Topliss-reactive ketones (excluding diaryl/α,β-unsaturated/α-hetero) is 1. The minimum absolute atomic E-state index is 0.114. The molecule has 4 atom stereocenters. The fourth-order valence-corrected chi connectivity index (χ4v) is 6.09. The second-order valence-electron chi connectivity index (χ2n) is 8.41. The third kappa shape index (κ3) is 3.60. The van der Waals surface area contributed by atoms with Crippen molar-refractivity contribution in [2.45, 2.75) is 57.8 Å². The van der Waals surface area contributed by atoms with Crippen LogP contribution in [0.1, 0.15) is 61.2 Å². The molecule has 1 saturated carbocycles. The lowest BCUT2D eigenvalue weighted by atomic mass is 9.76. The standard InChI is InChI=1S/C21H24N4O3S/c1-10-5-6-13-15(7-10)29-21-16(13)20(28)24-19(25-21)14(9-22)17(26)11-3-2-4-12(8-11)18(23)27/h10-12,14H,2-8H2,1H3,(H2,23,27)(H,24,25,28). The van der Waals surface area contributed by atoms with Crippen molar-refractivity contribution in [3.05, 3.63) is 26.6 Å². The third-order valence-corrected chi connectivity index (χ3v) is 7.50. The fraction of sp³-hybridized carbons (Fsp3) is 0.571. The van der Waals surface area contributed by atoms with Gasteiger partial charge < -0.3 is 10.7 Å². The lowest BCUT2D eigenvalue weighted by Gasteiger charge is -2.27. The van der Waals surface area contributed by atoms with Gasteiger partial charge in [0.25, 0.3) is 5.56 Å². The number of nitrogens with two attached hydrogens (primary N) is 1. The number of primary amides is 1. The molecular formula is C21H24N4O3S. The van der Waals surface area contributed by atoms with Crippen LogP contribution in [0, 0.1) is 29.1 Å². The number of amides is 1. The van der Waals surface area contributed by atoms with Gasteiger partial charge in [-0.3, -0.25) is 14.4 Å². The largest absolute Gasteiger partial charge is 0.369 e. The average molecular weight is 413 g/mol. The van der Waals surface area contributed by atoms with E-state index in [0.717, 1.165) is 31.2 Å². The van der Waals surface area contributed by atoms with E-state index in [1.807, 2.05) is 6.07 Å². The Morgan fingerprint density at radius 1 is 1.31 bits per heavy atom. The first kappa shape index (κ1) is 19.8. The van der Waals surface area contributed by atoms with Gasteiger partial charge in [0.2, 0.25) is 5.91 Å². The Morgan fingerprint density at radius 2 is 2.07 bits per heavy atom. The SMILES string of the molecule is CC1CCc2c(sc3nc(C(C#N)C(=O)C4CCCC(C(N)=O)C4)[nH]c(=O)c23)C1. The highest BCUT2D eigenvalue weighted by molar-refractivity contribution is 7.18. The van der Waals surface area contributed by atoms with Crippen LogP contribution in [0.15, 0.2) is 4.79 Å². The number of hydrogen-bond donors (Lipinski definition) is 2. The van der Waals surface area contributed by atoms with Gasteiger partial charge in [-0.05, 0) is 50.0 Å². The van der Waals surface area contributed by atoms with Gasteiger partial charge in [0, 0.05) is 16.7 Å². The van der Waals surface area contributed by atoms with Crippen LogP contribution in [-0.2, 0) is 22.4 Å². The second-order valence-corrected chi connectivity index (χ2v) is 9.49. The molecule has 0 spiro atoms. The number of carbonyl (C=O) groups is 2. The number of thiophene rings is 1. The summed E-state index contributed by atoms with van der Waals surface area (Å²) in [4.78, 5) is 46.4. The van der Waals surface area contributed by atoms with Crippen molar-refractivity contribution in [1.82, 2.24) is 9.97 Å². The third-order valence-electron chi connectivity index (χ3n) is 6.35. The maximum atomic E-state index is 13.0. The Balaban J connectivity index is 1.67. The van der Waals surface area contributed by atoms with E-state index in [1.165, 1.54) is 16.2 Å². The van der Waals surface area contributed by atoms with Gasteiger partial charge in [0.1, 0.15) is 10.7 Å². The molecule has 2 aliphatic rings. The van der Waals surface area contributed by atoms with Gasteiger partial charge in [0.15, 0.2) is 11.7 Å². The molecule has 7 nitrogen and oxygen atoms in total. The molecule has 0 aromatic carbocycles. The Bertz CT molecular complexity index is 1080. The van der Waals surface area contributed by atoms with E-state index in [2.05, 4.69) is 16.9 Å². The smallest absolute Gasteiger partial charge is 0.259 e. The van der Waals surface area contributed by atoms with Crippen molar-refractivity contribution in [1.29, 1.82) is 5.26 Å². The first-order valence-corrected chi connectivity index (χ1v) is 11.0. The molecule has 1 amide bonds. The molecule has 8 heteroatoms. The monoisotopic (exact) mass is 412 g/mol. The molecule has 0 bridgehead atoms. The summed E-state index contributed by atoms with van der Waals surface area (Å²) in [5, 5.41) is 10.3. The van der Waals surface area contributed by atoms with Crippen molar-refractivity contribution in [2.75, 3.05) is 0 Å². The van der Waals surface area contributed by atoms with Gasteiger partial charge >= 0.3 is 0 Å². The van der Waals surface area contributed by atoms with Gasteiger partial charge in [-0.2, -0.15) is 5.26 Å². The molecule has 4 unspecified atom stereocenters. The topological polar surface area (TPSA) is 130 Å². The molecule has 152 valence electrons. The van der Waals surface area contributed by atoms with Crippen LogP contribution in [0.25, 0.3) is 10.2 Å². The number of nitriles is 1. The van der Waals surface area contributed by atoms with Crippen molar-refractivity contribution < 1.29 is 9.59 Å². The summed E-state index contributed by atoms with van der Waals surface area (Å²) in [5.41, 5.74) is 6.21. The van der Waals surface area contributed by atoms with Gasteiger partial charge in [-0.1, -0.05) is 13.3 Å². The molecule has 3 N–H and O–H groups in total. The number of aryl methyl sites for hydroxylation is 1. The number of carbonyl (C=O) groups excluding carboxylic acids is 2. The van der Waals surface area contributed by atoms with E-state index in [4.69, 9.17) is 5.73 Å². The van der Waals surface area contributed by atoms with E-state index >= 15 is 0 Å². The number of hydrogen-bond acceptors (Lipinski definition) is 6. The van der Waals surface area contributed by atoms with Crippen LogP contribution in [0.3, 0.4) is 0 Å². The number of rotatable bonds is 4. The van der Waals surface area contributed by atoms with Crippen LogP contribution in [0.2, 0.25) is 0 Å². The summed E-state index contributed by atoms with van der Waals surface area (Å²) in [5.74, 6) is -1.88. The van der Waals surface area contributed by atoms with E-state index < -0.39 is 17.7 Å². The summed E-state index contributed by atoms with van der Waals surface area (Å²) >= 11 is 1.50. The average Bonchev–Trinajstić information content (AvgIpc) is 3.06. The maximum absolute atomic E-state index is 13.0. The molecule has 2 aromatic heterocycles. The number of H-pyrrole nitrogens is 1. The van der Waals surface area contributed by atoms with Crippen molar-refractivity contribution in [3.8, 4) is 6.07 Å². The Labute approximate surface area is 172 Å². The summed E-state index contributed by atoms with van der Waals surface area (Å²) in [6, 6.07) is 2.03. The summed E-state index contributed by atoms with van der Waals surface area (Å²) < 4.78 is 0.